The lowest BCUT2D eigenvalue weighted by Gasteiger charge is -2.19. The summed E-state index contributed by atoms with van der Waals surface area (Å²) in [4.78, 5) is 29.7. The van der Waals surface area contributed by atoms with Crippen molar-refractivity contribution in [2.75, 3.05) is 10.6 Å². The summed E-state index contributed by atoms with van der Waals surface area (Å²) in [7, 11) is 0. The molecule has 7 heteroatoms. The molecule has 3 rings (SSSR count). The molecule has 0 atom stereocenters. The number of hydrogen-bond acceptors (Lipinski definition) is 5. The van der Waals surface area contributed by atoms with Gasteiger partial charge in [-0.2, -0.15) is 0 Å². The molecular weight excluding hydrogens is 398 g/mol. The van der Waals surface area contributed by atoms with Gasteiger partial charge in [-0.25, -0.2) is 9.78 Å². The Morgan fingerprint density at radius 2 is 1.57 bits per heavy atom. The van der Waals surface area contributed by atoms with E-state index in [0.29, 0.717) is 28.4 Å². The van der Waals surface area contributed by atoms with Gasteiger partial charge in [0.1, 0.15) is 10.5 Å². The first-order valence-electron chi connectivity index (χ1n) is 9.61. The van der Waals surface area contributed by atoms with E-state index in [9.17, 15) is 9.59 Å². The Morgan fingerprint density at radius 3 is 2.17 bits per heavy atom. The summed E-state index contributed by atoms with van der Waals surface area (Å²) in [6.07, 6.45) is 0.176. The fourth-order valence-electron chi connectivity index (χ4n) is 2.76. The van der Waals surface area contributed by atoms with Crippen LogP contribution in [0.25, 0.3) is 0 Å². The van der Waals surface area contributed by atoms with Crippen LogP contribution in [0, 0.1) is 6.92 Å². The molecule has 6 nitrogen and oxygen atoms in total. The zero-order chi connectivity index (χ0) is 21.7. The average Bonchev–Trinajstić information content (AvgIpc) is 3.03. The number of ether oxygens (including phenoxy) is 1. The standard InChI is InChI=1S/C23H25N3O3S/c1-15-20(30-19(24-15)14-16-8-6-5-7-9-16)21(27)25-17-10-12-18(13-11-17)26-22(28)29-23(2,3)4/h5-13H,14H2,1-4H3,(H,25,27)(H,26,28). The Morgan fingerprint density at radius 1 is 0.967 bits per heavy atom. The monoisotopic (exact) mass is 423 g/mol. The maximum atomic E-state index is 12.7. The van der Waals surface area contributed by atoms with E-state index in [4.69, 9.17) is 4.74 Å². The SMILES string of the molecule is Cc1nc(Cc2ccccc2)sc1C(=O)Nc1ccc(NC(=O)OC(C)(C)C)cc1. The number of thiazole rings is 1. The van der Waals surface area contributed by atoms with Crippen LogP contribution in [-0.4, -0.2) is 22.6 Å². The molecule has 3 aromatic rings. The van der Waals surface area contributed by atoms with E-state index < -0.39 is 11.7 Å². The molecule has 0 radical (unpaired) electrons. The second-order valence-electron chi connectivity index (χ2n) is 7.84. The first kappa shape index (κ1) is 21.5. The van der Waals surface area contributed by atoms with Gasteiger partial charge in [0.2, 0.25) is 0 Å². The number of benzene rings is 2. The predicted octanol–water partition coefficient (Wildman–Crippen LogP) is 5.64. The molecule has 0 unspecified atom stereocenters. The van der Waals surface area contributed by atoms with Crippen LogP contribution in [0.4, 0.5) is 16.2 Å². The fourth-order valence-corrected chi connectivity index (χ4v) is 3.75. The summed E-state index contributed by atoms with van der Waals surface area (Å²) in [6, 6.07) is 16.9. The van der Waals surface area contributed by atoms with Crippen LogP contribution in [0.1, 0.15) is 46.7 Å². The molecule has 2 aromatic carbocycles. The van der Waals surface area contributed by atoms with Crippen molar-refractivity contribution in [3.05, 3.63) is 75.7 Å². The van der Waals surface area contributed by atoms with Crippen molar-refractivity contribution in [2.45, 2.75) is 39.7 Å². The third-order valence-electron chi connectivity index (χ3n) is 4.03. The fraction of sp³-hybridized carbons (Fsp3) is 0.261. The van der Waals surface area contributed by atoms with Crippen molar-refractivity contribution in [1.82, 2.24) is 4.98 Å². The number of aromatic nitrogens is 1. The highest BCUT2D eigenvalue weighted by Gasteiger charge is 2.17. The van der Waals surface area contributed by atoms with E-state index in [-0.39, 0.29) is 5.91 Å². The number of nitrogens with one attached hydrogen (secondary N) is 2. The van der Waals surface area contributed by atoms with Gasteiger partial charge in [0.15, 0.2) is 0 Å². The second-order valence-corrected chi connectivity index (χ2v) is 8.93. The van der Waals surface area contributed by atoms with E-state index in [1.807, 2.05) is 37.3 Å². The highest BCUT2D eigenvalue weighted by molar-refractivity contribution is 7.14. The Labute approximate surface area is 180 Å². The molecule has 0 saturated carbocycles. The summed E-state index contributed by atoms with van der Waals surface area (Å²) in [5, 5.41) is 6.45. The predicted molar refractivity (Wildman–Crippen MR) is 120 cm³/mol. The molecule has 1 aromatic heterocycles. The molecule has 2 N–H and O–H groups in total. The van der Waals surface area contributed by atoms with Crippen LogP contribution in [0.3, 0.4) is 0 Å². The van der Waals surface area contributed by atoms with Gasteiger partial charge in [-0.15, -0.1) is 11.3 Å². The Hall–Kier alpha value is -3.19. The number of anilines is 2. The molecule has 1 heterocycles. The van der Waals surface area contributed by atoms with Crippen LogP contribution in [0.15, 0.2) is 54.6 Å². The van der Waals surface area contributed by atoms with Crippen LogP contribution in [-0.2, 0) is 11.2 Å². The molecule has 30 heavy (non-hydrogen) atoms. The minimum atomic E-state index is -0.566. The van der Waals surface area contributed by atoms with E-state index in [1.54, 1.807) is 45.0 Å². The van der Waals surface area contributed by atoms with Gasteiger partial charge in [-0.05, 0) is 57.5 Å². The second kappa shape index (κ2) is 9.09. The first-order valence-corrected chi connectivity index (χ1v) is 10.4. The van der Waals surface area contributed by atoms with E-state index in [0.717, 1.165) is 10.6 Å². The van der Waals surface area contributed by atoms with Gasteiger partial charge in [-0.1, -0.05) is 30.3 Å². The highest BCUT2D eigenvalue weighted by atomic mass is 32.1. The molecule has 0 bridgehead atoms. The maximum Gasteiger partial charge on any atom is 0.412 e. The van der Waals surface area contributed by atoms with Crippen LogP contribution < -0.4 is 10.6 Å². The van der Waals surface area contributed by atoms with Crippen LogP contribution in [0.2, 0.25) is 0 Å². The number of aryl methyl sites for hydroxylation is 1. The lowest BCUT2D eigenvalue weighted by atomic mass is 10.2. The van der Waals surface area contributed by atoms with Crippen molar-refractivity contribution in [3.63, 3.8) is 0 Å². The smallest absolute Gasteiger partial charge is 0.412 e. The van der Waals surface area contributed by atoms with Crippen molar-refractivity contribution in [2.24, 2.45) is 0 Å². The Kier molecular flexibility index (Phi) is 6.52. The topological polar surface area (TPSA) is 80.3 Å². The number of carbonyl (C=O) groups is 2. The van der Waals surface area contributed by atoms with Crippen molar-refractivity contribution >= 4 is 34.7 Å². The summed E-state index contributed by atoms with van der Waals surface area (Å²) in [6.45, 7) is 7.25. The number of hydrogen-bond donors (Lipinski definition) is 2. The molecule has 0 saturated heterocycles. The minimum absolute atomic E-state index is 0.197. The number of nitrogens with zero attached hydrogens (tertiary/aromatic N) is 1. The van der Waals surface area contributed by atoms with E-state index in [1.165, 1.54) is 11.3 Å². The molecule has 0 spiro atoms. The molecule has 0 aliphatic heterocycles. The van der Waals surface area contributed by atoms with Crippen LogP contribution >= 0.6 is 11.3 Å². The van der Waals surface area contributed by atoms with Crippen molar-refractivity contribution in [3.8, 4) is 0 Å². The molecule has 0 fully saturated rings. The van der Waals surface area contributed by atoms with Gasteiger partial charge >= 0.3 is 6.09 Å². The lowest BCUT2D eigenvalue weighted by molar-refractivity contribution is 0.0635. The van der Waals surface area contributed by atoms with Gasteiger partial charge in [0.05, 0.1) is 10.7 Å². The first-order chi connectivity index (χ1) is 14.2. The summed E-state index contributed by atoms with van der Waals surface area (Å²) >= 11 is 1.40. The highest BCUT2D eigenvalue weighted by Crippen LogP contribution is 2.23. The van der Waals surface area contributed by atoms with Crippen LogP contribution in [0.5, 0.6) is 0 Å². The number of carbonyl (C=O) groups excluding carboxylic acids is 2. The van der Waals surface area contributed by atoms with E-state index in [2.05, 4.69) is 15.6 Å². The van der Waals surface area contributed by atoms with Gasteiger partial charge in [0.25, 0.3) is 5.91 Å². The number of amides is 2. The largest absolute Gasteiger partial charge is 0.444 e. The summed E-state index contributed by atoms with van der Waals surface area (Å²) in [5.41, 5.74) is 2.52. The van der Waals surface area contributed by atoms with Crippen molar-refractivity contribution < 1.29 is 14.3 Å². The Bertz CT molecular complexity index is 1020. The van der Waals surface area contributed by atoms with Gasteiger partial charge in [-0.3, -0.25) is 10.1 Å². The van der Waals surface area contributed by atoms with Gasteiger partial charge < -0.3 is 10.1 Å². The quantitative estimate of drug-likeness (QED) is 0.556. The van der Waals surface area contributed by atoms with E-state index >= 15 is 0 Å². The minimum Gasteiger partial charge on any atom is -0.444 e. The maximum absolute atomic E-state index is 12.7. The van der Waals surface area contributed by atoms with Gasteiger partial charge in [0, 0.05) is 17.8 Å². The molecular formula is C23H25N3O3S. The number of rotatable bonds is 5. The zero-order valence-corrected chi connectivity index (χ0v) is 18.3. The van der Waals surface area contributed by atoms with Crippen molar-refractivity contribution in [1.29, 1.82) is 0 Å². The summed E-state index contributed by atoms with van der Waals surface area (Å²) < 4.78 is 5.23. The molecule has 156 valence electrons. The summed E-state index contributed by atoms with van der Waals surface area (Å²) in [5.74, 6) is -0.197. The molecule has 2 amide bonds. The zero-order valence-electron chi connectivity index (χ0n) is 17.5. The molecule has 0 aliphatic rings. The normalized spacial score (nSPS) is 11.1. The Balaban J connectivity index is 1.61. The molecule has 0 aliphatic carbocycles. The average molecular weight is 424 g/mol. The third kappa shape index (κ3) is 6.15. The third-order valence-corrected chi connectivity index (χ3v) is 5.19. The lowest BCUT2D eigenvalue weighted by Crippen LogP contribution is -2.27.